The fraction of sp³-hybridized carbons (Fsp3) is 0.674. The number of ether oxygens (including phenoxy) is 4. The lowest BCUT2D eigenvalue weighted by atomic mass is 9.39. The zero-order valence-electron chi connectivity index (χ0n) is 35.5. The summed E-state index contributed by atoms with van der Waals surface area (Å²) in [7, 11) is 0. The molecular weight excluding hydrogens is 727 g/mol. The van der Waals surface area contributed by atoms with E-state index in [0.717, 1.165) is 55.6 Å². The Kier molecular flexibility index (Phi) is 10.3. The summed E-state index contributed by atoms with van der Waals surface area (Å²) in [5, 5.41) is 7.84. The molecule has 5 aliphatic rings. The fourth-order valence-electron chi connectivity index (χ4n) is 11.2. The second-order valence-corrected chi connectivity index (χ2v) is 19.9. The van der Waals surface area contributed by atoms with E-state index in [0.29, 0.717) is 49.9 Å². The van der Waals surface area contributed by atoms with Crippen LogP contribution >= 0.6 is 0 Å². The Morgan fingerprint density at radius 2 is 1.56 bits per heavy atom. The normalized spacial score (nSPS) is 26.6. The minimum atomic E-state index is -0.730. The smallest absolute Gasteiger partial charge is 0.407 e. The zero-order valence-corrected chi connectivity index (χ0v) is 35.5. The number of aromatic nitrogens is 5. The lowest BCUT2D eigenvalue weighted by Crippen LogP contribution is -2.64. The summed E-state index contributed by atoms with van der Waals surface area (Å²) in [6.45, 7) is 23.2. The minimum absolute atomic E-state index is 0.0236. The quantitative estimate of drug-likeness (QED) is 0.119. The molecule has 4 aliphatic carbocycles. The van der Waals surface area contributed by atoms with E-state index in [2.05, 4.69) is 35.8 Å². The Hall–Kier alpha value is -4.46. The summed E-state index contributed by atoms with van der Waals surface area (Å²) in [5.74, 6) is -0.359. The van der Waals surface area contributed by atoms with Gasteiger partial charge in [-0.25, -0.2) is 24.4 Å². The molecule has 4 heterocycles. The number of pyridine rings is 1. The van der Waals surface area contributed by atoms with Gasteiger partial charge in [0.25, 0.3) is 0 Å². The van der Waals surface area contributed by atoms with Crippen molar-refractivity contribution in [1.29, 1.82) is 0 Å². The van der Waals surface area contributed by atoms with Gasteiger partial charge in [-0.3, -0.25) is 4.68 Å². The molecule has 57 heavy (non-hydrogen) atoms. The largest absolute Gasteiger partial charge is 0.461 e. The Bertz CT molecular complexity index is 2020. The van der Waals surface area contributed by atoms with Crippen LogP contribution in [0.2, 0.25) is 0 Å². The van der Waals surface area contributed by atoms with Gasteiger partial charge in [-0.1, -0.05) is 13.8 Å². The molecule has 4 fully saturated rings. The van der Waals surface area contributed by atoms with Crippen molar-refractivity contribution >= 4 is 23.8 Å². The number of anilines is 1. The summed E-state index contributed by atoms with van der Waals surface area (Å²) < 4.78 is 27.5. The highest BCUT2D eigenvalue weighted by Crippen LogP contribution is 2.72. The van der Waals surface area contributed by atoms with Crippen molar-refractivity contribution in [3.05, 3.63) is 47.4 Å². The van der Waals surface area contributed by atoms with Gasteiger partial charge in [-0.15, -0.1) is 0 Å². The Balaban J connectivity index is 1.14. The maximum Gasteiger partial charge on any atom is 0.407 e. The zero-order chi connectivity index (χ0) is 41.2. The van der Waals surface area contributed by atoms with Crippen LogP contribution in [0.4, 0.5) is 10.6 Å². The number of imidazole rings is 1. The van der Waals surface area contributed by atoms with E-state index in [1.165, 1.54) is 6.42 Å². The fourth-order valence-corrected chi connectivity index (χ4v) is 11.2. The predicted molar refractivity (Wildman–Crippen MR) is 214 cm³/mol. The summed E-state index contributed by atoms with van der Waals surface area (Å²) in [6, 6.07) is 3.87. The molecule has 14 heteroatoms. The van der Waals surface area contributed by atoms with Gasteiger partial charge in [0.2, 0.25) is 0 Å². The van der Waals surface area contributed by atoms with Gasteiger partial charge in [-0.05, 0) is 122 Å². The maximum absolute atomic E-state index is 13.9. The molecular formula is C43H61N7O7. The maximum atomic E-state index is 13.9. The second kappa shape index (κ2) is 14.4. The number of fused-ring (bicyclic) bond motifs is 1. The summed E-state index contributed by atoms with van der Waals surface area (Å²) >= 11 is 0. The standard InChI is InChI=1S/C43H61N7O7/c1-11-54-35(51)34-31-19-48(15-16-49(31)27-45-34)32-13-12-29(33(47-32)36(52)56-38(3,4)5)30-18-46-50(28(30)2)26-42-21-40(9)20-41(10,22-42)24-43(23-40,25-42)55-17-14-44-37(53)57-39(6,7)8/h12-13,18,27H,11,14-17,19-26H2,1-10H3,(H,44,53). The average molecular weight is 788 g/mol. The molecule has 0 aromatic carbocycles. The molecule has 310 valence electrons. The molecule has 3 aromatic heterocycles. The molecule has 2 atom stereocenters. The number of carbonyl (C=O) groups excluding carboxylic acids is 3. The van der Waals surface area contributed by atoms with Gasteiger partial charge in [0.05, 0.1) is 43.6 Å². The van der Waals surface area contributed by atoms with Gasteiger partial charge >= 0.3 is 18.0 Å². The van der Waals surface area contributed by atoms with E-state index in [1.807, 2.05) is 69.3 Å². The highest BCUT2D eigenvalue weighted by Gasteiger charge is 2.66. The van der Waals surface area contributed by atoms with E-state index in [9.17, 15) is 14.4 Å². The number of amides is 1. The molecule has 1 N–H and O–H groups in total. The van der Waals surface area contributed by atoms with Gasteiger partial charge in [0.15, 0.2) is 11.4 Å². The number of esters is 2. The first-order chi connectivity index (χ1) is 26.6. The lowest BCUT2D eigenvalue weighted by molar-refractivity contribution is -0.247. The molecule has 0 saturated heterocycles. The molecule has 8 rings (SSSR count). The number of rotatable bonds is 11. The van der Waals surface area contributed by atoms with Crippen LogP contribution in [0.3, 0.4) is 0 Å². The number of hydrogen-bond acceptors (Lipinski definition) is 11. The van der Waals surface area contributed by atoms with Crippen LogP contribution in [-0.4, -0.2) is 85.5 Å². The van der Waals surface area contributed by atoms with E-state index in [-0.39, 0.29) is 34.1 Å². The van der Waals surface area contributed by atoms with Crippen LogP contribution < -0.4 is 10.2 Å². The Morgan fingerprint density at radius 3 is 2.23 bits per heavy atom. The molecule has 1 amide bonds. The van der Waals surface area contributed by atoms with Crippen molar-refractivity contribution in [3.8, 4) is 11.1 Å². The van der Waals surface area contributed by atoms with Crippen LogP contribution in [0, 0.1) is 23.2 Å². The summed E-state index contributed by atoms with van der Waals surface area (Å²) in [6.07, 6.45) is 9.40. The van der Waals surface area contributed by atoms with Crippen LogP contribution in [0.5, 0.6) is 0 Å². The predicted octanol–water partition coefficient (Wildman–Crippen LogP) is 7.26. The van der Waals surface area contributed by atoms with E-state index in [1.54, 1.807) is 13.3 Å². The topological polar surface area (TPSA) is 152 Å². The van der Waals surface area contributed by atoms with E-state index < -0.39 is 29.2 Å². The molecule has 1 aliphatic heterocycles. The van der Waals surface area contributed by atoms with Crippen LogP contribution in [-0.2, 0) is 38.6 Å². The molecule has 0 radical (unpaired) electrons. The van der Waals surface area contributed by atoms with Crippen molar-refractivity contribution in [3.63, 3.8) is 0 Å². The molecule has 4 bridgehead atoms. The molecule has 14 nitrogen and oxygen atoms in total. The van der Waals surface area contributed by atoms with E-state index >= 15 is 0 Å². The number of alkyl carbamates (subject to hydrolysis) is 1. The molecule has 2 unspecified atom stereocenters. The van der Waals surface area contributed by atoms with Crippen LogP contribution in [0.25, 0.3) is 11.1 Å². The van der Waals surface area contributed by atoms with Crippen molar-refractivity contribution in [2.45, 2.75) is 144 Å². The highest BCUT2D eigenvalue weighted by atomic mass is 16.6. The van der Waals surface area contributed by atoms with Gasteiger partial charge in [0, 0.05) is 43.0 Å². The summed E-state index contributed by atoms with van der Waals surface area (Å²) in [4.78, 5) is 50.3. The monoisotopic (exact) mass is 787 g/mol. The second-order valence-electron chi connectivity index (χ2n) is 19.9. The van der Waals surface area contributed by atoms with Crippen molar-refractivity contribution in [2.75, 3.05) is 31.2 Å². The molecule has 4 saturated carbocycles. The average Bonchev–Trinajstić information content (AvgIpc) is 3.66. The first kappa shape index (κ1) is 40.7. The SMILES string of the molecule is CCOC(=O)c1ncn2c1CN(c1ccc(-c3cnn(CC45CC6(C)CC(C)(C4)CC(OCCNC(=O)OC(C)(C)C)(C6)C5)c3C)c(C(=O)OC(C)(C)C)n1)CC2. The van der Waals surface area contributed by atoms with Crippen molar-refractivity contribution in [1.82, 2.24) is 29.6 Å². The van der Waals surface area contributed by atoms with Gasteiger partial charge < -0.3 is 33.7 Å². The van der Waals surface area contributed by atoms with Gasteiger partial charge in [0.1, 0.15) is 17.0 Å². The number of nitrogens with zero attached hydrogens (tertiary/aromatic N) is 6. The third kappa shape index (κ3) is 8.56. The summed E-state index contributed by atoms with van der Waals surface area (Å²) in [5.41, 5.74) is 2.40. The minimum Gasteiger partial charge on any atom is -0.461 e. The van der Waals surface area contributed by atoms with Crippen LogP contribution in [0.15, 0.2) is 24.7 Å². The highest BCUT2D eigenvalue weighted by molar-refractivity contribution is 5.96. The molecule has 3 aromatic rings. The van der Waals surface area contributed by atoms with E-state index in [4.69, 9.17) is 29.0 Å². The number of carbonyl (C=O) groups is 3. The van der Waals surface area contributed by atoms with Crippen LogP contribution in [0.1, 0.15) is 133 Å². The third-order valence-electron chi connectivity index (χ3n) is 11.9. The van der Waals surface area contributed by atoms with Crippen molar-refractivity contribution in [2.24, 2.45) is 16.2 Å². The lowest BCUT2D eigenvalue weighted by Gasteiger charge is -2.69. The first-order valence-corrected chi connectivity index (χ1v) is 20.5. The molecule has 0 spiro atoms. The van der Waals surface area contributed by atoms with Crippen molar-refractivity contribution < 1.29 is 33.3 Å². The number of nitrogens with one attached hydrogen (secondary N) is 1. The number of hydrogen-bond donors (Lipinski definition) is 1. The Labute approximate surface area is 336 Å². The Morgan fingerprint density at radius 1 is 0.860 bits per heavy atom. The van der Waals surface area contributed by atoms with Gasteiger partial charge in [-0.2, -0.15) is 5.10 Å². The third-order valence-corrected chi connectivity index (χ3v) is 11.9. The first-order valence-electron chi connectivity index (χ1n) is 20.5.